The van der Waals surface area contributed by atoms with Gasteiger partial charge in [0.05, 0.1) is 18.6 Å². The van der Waals surface area contributed by atoms with E-state index in [9.17, 15) is 14.4 Å². The molecule has 4 heterocycles. The van der Waals surface area contributed by atoms with E-state index in [0.717, 1.165) is 29.4 Å². The standard InChI is InChI=1S/C30H38N8O4/c1-7-8-16-37-24-25(34-27(37)36-15-11-12-20(17-36)32-28(40)42-30(3,4)5)35(6)29(41)38(26(24)39)18-23-31-19(2)21-13-9-10-14-22(21)33-23/h9-10,13-14,20,24-25H,11-12,15-18H2,1-6H3,(H,32,40)/t20-,24?,25?/m1/s1. The molecule has 1 N–H and O–H groups in total. The van der Waals surface area contributed by atoms with Crippen LogP contribution in [-0.4, -0.2) is 104 Å². The minimum Gasteiger partial charge on any atom is -0.444 e. The van der Waals surface area contributed by atoms with Gasteiger partial charge in [0.1, 0.15) is 11.4 Å². The molecule has 0 radical (unpaired) electrons. The number of alkyl carbamates (subject to hydrolysis) is 1. The van der Waals surface area contributed by atoms with Crippen LogP contribution in [0.4, 0.5) is 9.59 Å². The van der Waals surface area contributed by atoms with E-state index in [1.165, 1.54) is 9.80 Å². The van der Waals surface area contributed by atoms with Gasteiger partial charge in [-0.25, -0.2) is 24.5 Å². The Bertz CT molecular complexity index is 1490. The summed E-state index contributed by atoms with van der Waals surface area (Å²) in [5, 5.41) is 3.89. The number of hydrogen-bond acceptors (Lipinski definition) is 9. The Hall–Kier alpha value is -4.40. The number of guanidine groups is 1. The predicted molar refractivity (Wildman–Crippen MR) is 157 cm³/mol. The van der Waals surface area contributed by atoms with Crippen LogP contribution in [0, 0.1) is 18.8 Å². The lowest BCUT2D eigenvalue weighted by Gasteiger charge is -2.42. The molecule has 2 fully saturated rings. The van der Waals surface area contributed by atoms with Crippen molar-refractivity contribution < 1.29 is 19.1 Å². The molecule has 1 aromatic heterocycles. The number of nitrogens with zero attached hydrogens (tertiary/aromatic N) is 7. The average Bonchev–Trinajstić information content (AvgIpc) is 3.32. The molecule has 0 saturated carbocycles. The largest absolute Gasteiger partial charge is 0.444 e. The van der Waals surface area contributed by atoms with E-state index >= 15 is 0 Å². The fourth-order valence-electron chi connectivity index (χ4n) is 5.67. The zero-order valence-electron chi connectivity index (χ0n) is 25.0. The molecule has 2 saturated heterocycles. The van der Waals surface area contributed by atoms with E-state index < -0.39 is 29.9 Å². The Balaban J connectivity index is 1.38. The van der Waals surface area contributed by atoms with Crippen molar-refractivity contribution in [1.82, 2.24) is 34.9 Å². The molecule has 12 nitrogen and oxygen atoms in total. The summed E-state index contributed by atoms with van der Waals surface area (Å²) in [5.74, 6) is 6.62. The number of carbonyl (C=O) groups is 3. The van der Waals surface area contributed by atoms with Crippen LogP contribution >= 0.6 is 0 Å². The summed E-state index contributed by atoms with van der Waals surface area (Å²) in [5.41, 5.74) is 0.943. The summed E-state index contributed by atoms with van der Waals surface area (Å²) in [4.78, 5) is 60.8. The van der Waals surface area contributed by atoms with Crippen LogP contribution in [-0.2, 0) is 16.1 Å². The van der Waals surface area contributed by atoms with Crippen molar-refractivity contribution in [2.45, 2.75) is 77.9 Å². The molecule has 12 heteroatoms. The number of aryl methyl sites for hydroxylation is 1. The molecule has 0 bridgehead atoms. The predicted octanol–water partition coefficient (Wildman–Crippen LogP) is 2.71. The first-order valence-electron chi connectivity index (χ1n) is 14.3. The second-order valence-corrected chi connectivity index (χ2v) is 11.8. The number of ether oxygens (including phenoxy) is 1. The average molecular weight is 575 g/mol. The highest BCUT2D eigenvalue weighted by molar-refractivity contribution is 6.03. The maximum absolute atomic E-state index is 14.0. The number of carbonyl (C=O) groups excluding carboxylic acids is 3. The zero-order chi connectivity index (χ0) is 30.2. The molecule has 1 aromatic carbocycles. The molecule has 3 atom stereocenters. The van der Waals surface area contributed by atoms with Gasteiger partial charge < -0.3 is 24.8 Å². The van der Waals surface area contributed by atoms with Gasteiger partial charge in [-0.3, -0.25) is 9.69 Å². The van der Waals surface area contributed by atoms with Gasteiger partial charge in [0, 0.05) is 37.3 Å². The van der Waals surface area contributed by atoms with Gasteiger partial charge in [0.25, 0.3) is 5.91 Å². The number of aromatic nitrogens is 2. The van der Waals surface area contributed by atoms with E-state index in [4.69, 9.17) is 9.73 Å². The van der Waals surface area contributed by atoms with E-state index in [1.54, 1.807) is 14.0 Å². The Morgan fingerprint density at radius 1 is 1.19 bits per heavy atom. The number of aliphatic imine (C=N–C) groups is 1. The molecular formula is C30H38N8O4. The van der Waals surface area contributed by atoms with Crippen molar-refractivity contribution in [3.8, 4) is 11.8 Å². The number of nitrogens with one attached hydrogen (secondary N) is 1. The Labute approximate surface area is 246 Å². The van der Waals surface area contributed by atoms with Crippen LogP contribution in [0.1, 0.15) is 52.1 Å². The summed E-state index contributed by atoms with van der Waals surface area (Å²) in [7, 11) is 1.66. The minimum atomic E-state index is -0.746. The number of likely N-dealkylation sites (N-methyl/N-ethyl adjacent to an activating group) is 1. The lowest BCUT2D eigenvalue weighted by molar-refractivity contribution is -0.138. The number of likely N-dealkylation sites (tertiary alicyclic amines) is 1. The van der Waals surface area contributed by atoms with Gasteiger partial charge in [-0.1, -0.05) is 24.1 Å². The van der Waals surface area contributed by atoms with Crippen LogP contribution in [0.5, 0.6) is 0 Å². The Morgan fingerprint density at radius 3 is 2.69 bits per heavy atom. The SMILES string of the molecule is CC#CCN1C(N2CCC[C@@H](NC(=O)OC(C)(C)C)C2)=NC2C1C(=O)N(Cc1nc(C)c3ccccc3n1)C(=O)N2C. The number of piperidine rings is 1. The van der Waals surface area contributed by atoms with E-state index in [0.29, 0.717) is 24.9 Å². The Morgan fingerprint density at radius 2 is 1.95 bits per heavy atom. The lowest BCUT2D eigenvalue weighted by Crippen LogP contribution is -2.65. The molecule has 42 heavy (non-hydrogen) atoms. The lowest BCUT2D eigenvalue weighted by atomic mass is 10.1. The zero-order valence-corrected chi connectivity index (χ0v) is 25.0. The molecule has 2 aromatic rings. The molecule has 0 aliphatic carbocycles. The first-order chi connectivity index (χ1) is 20.0. The number of fused-ring (bicyclic) bond motifs is 2. The number of amides is 4. The van der Waals surface area contributed by atoms with Crippen molar-refractivity contribution >= 4 is 34.9 Å². The first kappa shape index (κ1) is 29.1. The third-order valence-corrected chi connectivity index (χ3v) is 7.56. The number of hydrogen-bond donors (Lipinski definition) is 1. The molecule has 4 amide bonds. The summed E-state index contributed by atoms with van der Waals surface area (Å²) >= 11 is 0. The van der Waals surface area contributed by atoms with Gasteiger partial charge >= 0.3 is 12.1 Å². The van der Waals surface area contributed by atoms with Crippen LogP contribution in [0.2, 0.25) is 0 Å². The van der Waals surface area contributed by atoms with Crippen molar-refractivity contribution in [1.29, 1.82) is 0 Å². The van der Waals surface area contributed by atoms with E-state index in [2.05, 4.69) is 32.0 Å². The molecule has 222 valence electrons. The second kappa shape index (κ2) is 11.5. The Kier molecular flexibility index (Phi) is 7.95. The third kappa shape index (κ3) is 5.82. The maximum Gasteiger partial charge on any atom is 0.407 e. The fourth-order valence-corrected chi connectivity index (χ4v) is 5.67. The highest BCUT2D eigenvalue weighted by Gasteiger charge is 2.53. The van der Waals surface area contributed by atoms with Crippen molar-refractivity contribution in [3.05, 3.63) is 35.8 Å². The number of para-hydroxylation sites is 1. The molecule has 3 aliphatic heterocycles. The van der Waals surface area contributed by atoms with Crippen LogP contribution in [0.3, 0.4) is 0 Å². The maximum atomic E-state index is 14.0. The number of urea groups is 1. The highest BCUT2D eigenvalue weighted by Crippen LogP contribution is 2.30. The second-order valence-electron chi connectivity index (χ2n) is 11.8. The van der Waals surface area contributed by atoms with Crippen LogP contribution in [0.25, 0.3) is 10.9 Å². The summed E-state index contributed by atoms with van der Waals surface area (Å²) in [6.45, 7) is 10.5. The minimum absolute atomic E-state index is 0.0505. The molecular weight excluding hydrogens is 536 g/mol. The van der Waals surface area contributed by atoms with Gasteiger partial charge in [0.2, 0.25) is 5.96 Å². The molecule has 3 aliphatic rings. The fraction of sp³-hybridized carbons (Fsp3) is 0.533. The summed E-state index contributed by atoms with van der Waals surface area (Å²) < 4.78 is 5.45. The number of rotatable bonds is 4. The van der Waals surface area contributed by atoms with Gasteiger partial charge in [0.15, 0.2) is 12.2 Å². The number of imide groups is 1. The molecule has 0 spiro atoms. The van der Waals surface area contributed by atoms with Gasteiger partial charge in [-0.2, -0.15) is 0 Å². The van der Waals surface area contributed by atoms with Crippen molar-refractivity contribution in [2.24, 2.45) is 4.99 Å². The smallest absolute Gasteiger partial charge is 0.407 e. The summed E-state index contributed by atoms with van der Waals surface area (Å²) in [6, 6.07) is 6.30. The monoisotopic (exact) mass is 574 g/mol. The van der Waals surface area contributed by atoms with Gasteiger partial charge in [-0.15, -0.1) is 5.92 Å². The molecule has 2 unspecified atom stereocenters. The van der Waals surface area contributed by atoms with Gasteiger partial charge in [-0.05, 0) is 53.5 Å². The highest BCUT2D eigenvalue weighted by atomic mass is 16.6. The normalized spacial score (nSPS) is 22.5. The van der Waals surface area contributed by atoms with Crippen molar-refractivity contribution in [3.63, 3.8) is 0 Å². The molecule has 5 rings (SSSR count). The number of benzene rings is 1. The van der Waals surface area contributed by atoms with Crippen LogP contribution in [0.15, 0.2) is 29.3 Å². The first-order valence-corrected chi connectivity index (χ1v) is 14.3. The van der Waals surface area contributed by atoms with Crippen LogP contribution < -0.4 is 5.32 Å². The van der Waals surface area contributed by atoms with E-state index in [1.807, 2.05) is 56.9 Å². The topological polar surface area (TPSA) is 124 Å². The third-order valence-electron chi connectivity index (χ3n) is 7.56. The summed E-state index contributed by atoms with van der Waals surface area (Å²) in [6.07, 6.45) is 0.442. The van der Waals surface area contributed by atoms with E-state index in [-0.39, 0.29) is 25.0 Å². The van der Waals surface area contributed by atoms with Crippen molar-refractivity contribution in [2.75, 3.05) is 26.7 Å². The quantitative estimate of drug-likeness (QED) is 0.553.